The molecule has 1 fully saturated rings. The number of rotatable bonds is 4. The van der Waals surface area contributed by atoms with Crippen molar-refractivity contribution in [3.63, 3.8) is 0 Å². The molecule has 5 nitrogen and oxygen atoms in total. The number of carbonyl (C=O) groups is 1. The molecular formula is C11H16N4OS. The van der Waals surface area contributed by atoms with Crippen LogP contribution in [0.1, 0.15) is 12.8 Å². The quantitative estimate of drug-likeness (QED) is 0.833. The standard InChI is InChI=1S/C11H16N4OS/c16-10(15-11-13-4-1-5-14-11)8-17-9-2-6-12-7-3-9/h1,4-5,9,12H,2-3,6-8H2,(H,13,14,15,16). The molecule has 1 aromatic rings. The Morgan fingerprint density at radius 2 is 2.12 bits per heavy atom. The van der Waals surface area contributed by atoms with Crippen LogP contribution in [-0.4, -0.2) is 40.0 Å². The van der Waals surface area contributed by atoms with Gasteiger partial charge >= 0.3 is 0 Å². The third-order valence-corrected chi connectivity index (χ3v) is 3.92. The van der Waals surface area contributed by atoms with E-state index in [9.17, 15) is 4.79 Å². The summed E-state index contributed by atoms with van der Waals surface area (Å²) >= 11 is 1.72. The van der Waals surface area contributed by atoms with Crippen molar-refractivity contribution in [1.29, 1.82) is 0 Å². The van der Waals surface area contributed by atoms with Gasteiger partial charge < -0.3 is 5.32 Å². The first-order valence-corrected chi connectivity index (χ1v) is 6.78. The predicted molar refractivity (Wildman–Crippen MR) is 69.0 cm³/mol. The maximum Gasteiger partial charge on any atom is 0.236 e. The molecule has 0 saturated carbocycles. The minimum Gasteiger partial charge on any atom is -0.317 e. The van der Waals surface area contributed by atoms with Gasteiger partial charge in [-0.15, -0.1) is 11.8 Å². The van der Waals surface area contributed by atoms with Crippen LogP contribution in [0, 0.1) is 0 Å². The number of aromatic nitrogens is 2. The first-order valence-electron chi connectivity index (χ1n) is 5.74. The monoisotopic (exact) mass is 252 g/mol. The van der Waals surface area contributed by atoms with Crippen molar-refractivity contribution in [2.45, 2.75) is 18.1 Å². The highest BCUT2D eigenvalue weighted by molar-refractivity contribution is 8.00. The van der Waals surface area contributed by atoms with Gasteiger partial charge in [0.25, 0.3) is 0 Å². The molecule has 6 heteroatoms. The Bertz CT molecular complexity index is 354. The number of hydrogen-bond donors (Lipinski definition) is 2. The SMILES string of the molecule is O=C(CSC1CCNCC1)Nc1ncccn1. The largest absolute Gasteiger partial charge is 0.317 e. The maximum atomic E-state index is 11.6. The third kappa shape index (κ3) is 4.32. The van der Waals surface area contributed by atoms with Gasteiger partial charge in [-0.25, -0.2) is 9.97 Å². The molecule has 1 amide bonds. The normalized spacial score (nSPS) is 16.7. The van der Waals surface area contributed by atoms with Crippen LogP contribution in [0.2, 0.25) is 0 Å². The molecule has 0 spiro atoms. The lowest BCUT2D eigenvalue weighted by molar-refractivity contribution is -0.113. The van der Waals surface area contributed by atoms with Gasteiger partial charge in [-0.1, -0.05) is 0 Å². The van der Waals surface area contributed by atoms with E-state index in [-0.39, 0.29) is 5.91 Å². The second-order valence-electron chi connectivity index (χ2n) is 3.88. The van der Waals surface area contributed by atoms with Gasteiger partial charge in [0.2, 0.25) is 11.9 Å². The summed E-state index contributed by atoms with van der Waals surface area (Å²) in [6, 6.07) is 1.72. The Labute approximate surface area is 105 Å². The lowest BCUT2D eigenvalue weighted by Gasteiger charge is -2.21. The van der Waals surface area contributed by atoms with Crippen LogP contribution in [0.25, 0.3) is 0 Å². The molecule has 0 atom stereocenters. The van der Waals surface area contributed by atoms with Gasteiger partial charge in [0, 0.05) is 17.6 Å². The molecular weight excluding hydrogens is 236 g/mol. The molecule has 1 aliphatic heterocycles. The number of anilines is 1. The fourth-order valence-electron chi connectivity index (χ4n) is 1.68. The maximum absolute atomic E-state index is 11.6. The van der Waals surface area contributed by atoms with E-state index < -0.39 is 0 Å². The van der Waals surface area contributed by atoms with Crippen molar-refractivity contribution < 1.29 is 4.79 Å². The molecule has 0 bridgehead atoms. The average Bonchev–Trinajstić information content (AvgIpc) is 2.39. The Kier molecular flexibility index (Phi) is 4.75. The van der Waals surface area contributed by atoms with E-state index in [1.807, 2.05) is 0 Å². The summed E-state index contributed by atoms with van der Waals surface area (Å²) in [6.07, 6.45) is 5.50. The first kappa shape index (κ1) is 12.3. The molecule has 0 aromatic carbocycles. The van der Waals surface area contributed by atoms with E-state index in [2.05, 4.69) is 20.6 Å². The Morgan fingerprint density at radius 3 is 2.82 bits per heavy atom. The van der Waals surface area contributed by atoms with Gasteiger partial charge in [0.1, 0.15) is 0 Å². The number of carbonyl (C=O) groups excluding carboxylic acids is 1. The molecule has 92 valence electrons. The summed E-state index contributed by atoms with van der Waals surface area (Å²) in [6.45, 7) is 2.11. The second-order valence-corrected chi connectivity index (χ2v) is 5.17. The van der Waals surface area contributed by atoms with Crippen molar-refractivity contribution in [2.24, 2.45) is 0 Å². The van der Waals surface area contributed by atoms with Gasteiger partial charge in [-0.05, 0) is 32.0 Å². The van der Waals surface area contributed by atoms with E-state index in [4.69, 9.17) is 0 Å². The van der Waals surface area contributed by atoms with Crippen molar-refractivity contribution in [2.75, 3.05) is 24.2 Å². The van der Waals surface area contributed by atoms with E-state index in [1.165, 1.54) is 0 Å². The van der Waals surface area contributed by atoms with Crippen LogP contribution in [0.5, 0.6) is 0 Å². The smallest absolute Gasteiger partial charge is 0.236 e. The summed E-state index contributed by atoms with van der Waals surface area (Å²) < 4.78 is 0. The number of amides is 1. The van der Waals surface area contributed by atoms with E-state index in [0.29, 0.717) is 17.0 Å². The van der Waals surface area contributed by atoms with Crippen molar-refractivity contribution in [1.82, 2.24) is 15.3 Å². The van der Waals surface area contributed by atoms with Crippen LogP contribution in [0.15, 0.2) is 18.5 Å². The van der Waals surface area contributed by atoms with Crippen molar-refractivity contribution in [3.8, 4) is 0 Å². The fraction of sp³-hybridized carbons (Fsp3) is 0.545. The van der Waals surface area contributed by atoms with E-state index in [1.54, 1.807) is 30.2 Å². The highest BCUT2D eigenvalue weighted by Gasteiger charge is 2.15. The van der Waals surface area contributed by atoms with Crippen LogP contribution in [0.3, 0.4) is 0 Å². The zero-order chi connectivity index (χ0) is 11.9. The number of nitrogens with one attached hydrogen (secondary N) is 2. The number of thioether (sulfide) groups is 1. The lowest BCUT2D eigenvalue weighted by Crippen LogP contribution is -2.30. The second kappa shape index (κ2) is 6.56. The topological polar surface area (TPSA) is 66.9 Å². The molecule has 17 heavy (non-hydrogen) atoms. The molecule has 1 aliphatic rings. The summed E-state index contributed by atoms with van der Waals surface area (Å²) in [5.41, 5.74) is 0. The summed E-state index contributed by atoms with van der Waals surface area (Å²) in [5.74, 6) is 0.825. The van der Waals surface area contributed by atoms with Gasteiger partial charge in [-0.3, -0.25) is 10.1 Å². The zero-order valence-electron chi connectivity index (χ0n) is 9.56. The number of hydrogen-bond acceptors (Lipinski definition) is 5. The van der Waals surface area contributed by atoms with Crippen molar-refractivity contribution in [3.05, 3.63) is 18.5 Å². The molecule has 2 heterocycles. The van der Waals surface area contributed by atoms with Gasteiger partial charge in [0.05, 0.1) is 5.75 Å². The minimum atomic E-state index is -0.0280. The molecule has 1 saturated heterocycles. The lowest BCUT2D eigenvalue weighted by atomic mass is 10.2. The minimum absolute atomic E-state index is 0.0280. The number of nitrogens with zero attached hydrogens (tertiary/aromatic N) is 2. The van der Waals surface area contributed by atoms with Crippen molar-refractivity contribution >= 4 is 23.6 Å². The van der Waals surface area contributed by atoms with Crippen LogP contribution >= 0.6 is 11.8 Å². The number of piperidine rings is 1. The third-order valence-electron chi connectivity index (χ3n) is 2.55. The molecule has 0 radical (unpaired) electrons. The van der Waals surface area contributed by atoms with Gasteiger partial charge in [-0.2, -0.15) is 0 Å². The molecule has 2 rings (SSSR count). The first-order chi connectivity index (χ1) is 8.34. The fourth-order valence-corrected chi connectivity index (χ4v) is 2.71. The Morgan fingerprint density at radius 1 is 1.41 bits per heavy atom. The summed E-state index contributed by atoms with van der Waals surface area (Å²) in [4.78, 5) is 19.5. The average molecular weight is 252 g/mol. The zero-order valence-corrected chi connectivity index (χ0v) is 10.4. The van der Waals surface area contributed by atoms with Crippen LogP contribution in [0.4, 0.5) is 5.95 Å². The van der Waals surface area contributed by atoms with E-state index in [0.717, 1.165) is 25.9 Å². The van der Waals surface area contributed by atoms with Crippen LogP contribution in [-0.2, 0) is 4.79 Å². The highest BCUT2D eigenvalue weighted by Crippen LogP contribution is 2.19. The summed E-state index contributed by atoms with van der Waals surface area (Å²) in [5, 5.41) is 6.59. The molecule has 0 aliphatic carbocycles. The van der Waals surface area contributed by atoms with Gasteiger partial charge in [0.15, 0.2) is 0 Å². The molecule has 1 aromatic heterocycles. The summed E-state index contributed by atoms with van der Waals surface area (Å²) in [7, 11) is 0. The highest BCUT2D eigenvalue weighted by atomic mass is 32.2. The van der Waals surface area contributed by atoms with Crippen LogP contribution < -0.4 is 10.6 Å². The van der Waals surface area contributed by atoms with E-state index >= 15 is 0 Å². The Balaban J connectivity index is 1.70. The molecule has 0 unspecified atom stereocenters. The predicted octanol–water partition coefficient (Wildman–Crippen LogP) is 0.900. The molecule has 2 N–H and O–H groups in total. The Hall–Kier alpha value is -1.14.